The number of hydrogen-bond acceptors (Lipinski definition) is 0. The molecule has 3 aromatic rings. The van der Waals surface area contributed by atoms with Crippen molar-refractivity contribution in [1.82, 2.24) is 4.57 Å². The molecule has 2 heteroatoms. The lowest BCUT2D eigenvalue weighted by atomic mass is 9.66. The average molecular weight is 530 g/mol. The van der Waals surface area contributed by atoms with Crippen molar-refractivity contribution in [2.75, 3.05) is 0 Å². The molecule has 1 aromatic heterocycles. The Hall–Kier alpha value is -2.35. The molecule has 212 valence electrons. The minimum Gasteiger partial charge on any atom is -0.338 e. The Labute approximate surface area is 237 Å². The zero-order valence-corrected chi connectivity index (χ0v) is 24.8. The molecule has 39 heavy (non-hydrogen) atoms. The van der Waals surface area contributed by atoms with Gasteiger partial charge in [0.25, 0.3) is 0 Å². The van der Waals surface area contributed by atoms with E-state index in [0.29, 0.717) is 6.04 Å². The van der Waals surface area contributed by atoms with Crippen LogP contribution in [-0.2, 0) is 5.41 Å². The highest BCUT2D eigenvalue weighted by Crippen LogP contribution is 2.48. The first-order chi connectivity index (χ1) is 19.1. The Balaban J connectivity index is 1.79. The van der Waals surface area contributed by atoms with E-state index in [1.807, 2.05) is 0 Å². The lowest BCUT2D eigenvalue weighted by molar-refractivity contribution is 0.388. The number of fused-ring (bicyclic) bond motifs is 1. The normalized spacial score (nSPS) is 19.0. The lowest BCUT2D eigenvalue weighted by Gasteiger charge is -2.37. The second-order valence-corrected chi connectivity index (χ2v) is 12.3. The van der Waals surface area contributed by atoms with Crippen LogP contribution in [0, 0.1) is 5.82 Å². The molecule has 0 unspecified atom stereocenters. The Morgan fingerprint density at radius 1 is 0.692 bits per heavy atom. The van der Waals surface area contributed by atoms with Crippen molar-refractivity contribution in [3.05, 3.63) is 77.7 Å². The van der Waals surface area contributed by atoms with E-state index in [2.05, 4.69) is 67.5 Å². The Morgan fingerprint density at radius 2 is 1.15 bits per heavy atom. The van der Waals surface area contributed by atoms with Gasteiger partial charge in [0.05, 0.1) is 0 Å². The van der Waals surface area contributed by atoms with Crippen molar-refractivity contribution in [1.29, 1.82) is 0 Å². The van der Waals surface area contributed by atoms with Crippen LogP contribution in [0.2, 0.25) is 0 Å². The van der Waals surface area contributed by atoms with Crippen LogP contribution < -0.4 is 0 Å². The highest BCUT2D eigenvalue weighted by atomic mass is 19.1. The predicted molar refractivity (Wildman–Crippen MR) is 168 cm³/mol. The number of nitrogens with zero attached hydrogens (tertiary/aromatic N) is 1. The largest absolute Gasteiger partial charge is 0.338 e. The smallest absolute Gasteiger partial charge is 0.123 e. The van der Waals surface area contributed by atoms with E-state index < -0.39 is 0 Å². The zero-order chi connectivity index (χ0) is 27.5. The molecule has 2 aromatic carbocycles. The van der Waals surface area contributed by atoms with Crippen molar-refractivity contribution < 1.29 is 4.39 Å². The maximum absolute atomic E-state index is 14.2. The molecule has 4 rings (SSSR count). The van der Waals surface area contributed by atoms with Gasteiger partial charge >= 0.3 is 0 Å². The van der Waals surface area contributed by atoms with Gasteiger partial charge < -0.3 is 4.57 Å². The summed E-state index contributed by atoms with van der Waals surface area (Å²) in [6, 6.07) is 16.8. The minimum absolute atomic E-state index is 0.150. The van der Waals surface area contributed by atoms with Gasteiger partial charge in [0.15, 0.2) is 0 Å². The molecule has 0 N–H and O–H groups in total. The molecule has 1 nitrogen and oxygen atoms in total. The van der Waals surface area contributed by atoms with E-state index in [1.54, 1.807) is 12.1 Å². The molecule has 1 aliphatic rings. The zero-order valence-electron chi connectivity index (χ0n) is 24.8. The van der Waals surface area contributed by atoms with Crippen molar-refractivity contribution >= 4 is 17.0 Å². The van der Waals surface area contributed by atoms with Crippen LogP contribution in [-0.4, -0.2) is 4.57 Å². The Morgan fingerprint density at radius 3 is 1.62 bits per heavy atom. The van der Waals surface area contributed by atoms with Crippen LogP contribution in [0.4, 0.5) is 4.39 Å². The maximum Gasteiger partial charge on any atom is 0.123 e. The molecule has 0 radical (unpaired) electrons. The van der Waals surface area contributed by atoms with Crippen LogP contribution in [0.1, 0.15) is 146 Å². The fourth-order valence-corrected chi connectivity index (χ4v) is 7.27. The summed E-state index contributed by atoms with van der Waals surface area (Å²) in [5, 5.41) is 1.34. The van der Waals surface area contributed by atoms with Gasteiger partial charge in [-0.1, -0.05) is 133 Å². The molecule has 1 saturated carbocycles. The van der Waals surface area contributed by atoms with Crippen LogP contribution >= 0.6 is 0 Å². The third-order valence-electron chi connectivity index (χ3n) is 9.24. The molecule has 1 fully saturated rings. The number of hydrogen-bond donors (Lipinski definition) is 0. The highest BCUT2D eigenvalue weighted by Gasteiger charge is 2.38. The van der Waals surface area contributed by atoms with E-state index in [1.165, 1.54) is 124 Å². The van der Waals surface area contributed by atoms with Crippen molar-refractivity contribution in [2.24, 2.45) is 0 Å². The second kappa shape index (κ2) is 14.9. The van der Waals surface area contributed by atoms with Gasteiger partial charge in [-0.2, -0.15) is 0 Å². The molecule has 1 aliphatic carbocycles. The molecule has 0 bridgehead atoms. The summed E-state index contributed by atoms with van der Waals surface area (Å²) >= 11 is 0. The molecule has 0 atom stereocenters. The lowest BCUT2D eigenvalue weighted by Crippen LogP contribution is -2.29. The number of benzene rings is 2. The van der Waals surface area contributed by atoms with E-state index >= 15 is 0 Å². The van der Waals surface area contributed by atoms with E-state index in [0.717, 1.165) is 12.8 Å². The fourth-order valence-electron chi connectivity index (χ4n) is 7.27. The predicted octanol–water partition coefficient (Wildman–Crippen LogP) is 11.9. The molecule has 0 aliphatic heterocycles. The first kappa shape index (κ1) is 29.6. The topological polar surface area (TPSA) is 4.93 Å². The molecular weight excluding hydrogens is 477 g/mol. The molecule has 0 spiro atoms. The van der Waals surface area contributed by atoms with Gasteiger partial charge in [-0.25, -0.2) is 4.39 Å². The van der Waals surface area contributed by atoms with E-state index in [4.69, 9.17) is 0 Å². The number of aromatic nitrogens is 1. The molecule has 0 saturated heterocycles. The molecular formula is C37H52FN. The summed E-state index contributed by atoms with van der Waals surface area (Å²) in [5.41, 5.74) is 5.08. The Bertz CT molecular complexity index is 1130. The van der Waals surface area contributed by atoms with Crippen LogP contribution in [0.15, 0.2) is 55.1 Å². The van der Waals surface area contributed by atoms with Crippen molar-refractivity contribution in [3.63, 3.8) is 0 Å². The maximum atomic E-state index is 14.2. The first-order valence-corrected chi connectivity index (χ1v) is 16.1. The highest BCUT2D eigenvalue weighted by molar-refractivity contribution is 5.90. The SMILES string of the molecule is C=Cc1c(C2(c3ccc(F)cc3)CCCCCCCCCCCCCCCCC2)c2ccccc2n1C(C)C. The second-order valence-electron chi connectivity index (χ2n) is 12.3. The third-order valence-corrected chi connectivity index (χ3v) is 9.24. The van der Waals surface area contributed by atoms with Crippen LogP contribution in [0.5, 0.6) is 0 Å². The Kier molecular flexibility index (Phi) is 11.3. The third kappa shape index (κ3) is 7.24. The summed E-state index contributed by atoms with van der Waals surface area (Å²) in [6.45, 7) is 8.90. The summed E-state index contributed by atoms with van der Waals surface area (Å²) in [4.78, 5) is 0. The molecule has 0 amide bonds. The minimum atomic E-state index is -0.150. The summed E-state index contributed by atoms with van der Waals surface area (Å²) < 4.78 is 16.7. The quantitative estimate of drug-likeness (QED) is 0.317. The summed E-state index contributed by atoms with van der Waals surface area (Å²) in [5.74, 6) is -0.150. The first-order valence-electron chi connectivity index (χ1n) is 16.1. The van der Waals surface area contributed by atoms with Crippen LogP contribution in [0.3, 0.4) is 0 Å². The van der Waals surface area contributed by atoms with Crippen molar-refractivity contribution in [3.8, 4) is 0 Å². The van der Waals surface area contributed by atoms with E-state index in [-0.39, 0.29) is 11.2 Å². The summed E-state index contributed by atoms with van der Waals surface area (Å²) in [7, 11) is 0. The van der Waals surface area contributed by atoms with Crippen LogP contribution in [0.25, 0.3) is 17.0 Å². The number of para-hydroxylation sites is 1. The van der Waals surface area contributed by atoms with Gasteiger partial charge in [0.2, 0.25) is 0 Å². The number of rotatable bonds is 4. The van der Waals surface area contributed by atoms with Gasteiger partial charge in [-0.3, -0.25) is 0 Å². The molecule has 1 heterocycles. The van der Waals surface area contributed by atoms with Gasteiger partial charge in [0, 0.05) is 28.1 Å². The average Bonchev–Trinajstić information content (AvgIpc) is 3.29. The van der Waals surface area contributed by atoms with E-state index in [9.17, 15) is 4.39 Å². The van der Waals surface area contributed by atoms with Gasteiger partial charge in [0.1, 0.15) is 5.82 Å². The standard InChI is InChI=1S/C37H52FN/c1-4-34-36(33-22-18-19-23-35(33)39(34)30(2)3)37(31-24-26-32(38)27-25-31)28-20-16-14-12-10-8-6-5-7-9-11-13-15-17-21-29-37/h4,18-19,22-27,30H,1,5-17,20-21,28-29H2,2-3H3. The summed E-state index contributed by atoms with van der Waals surface area (Å²) in [6.07, 6.45) is 24.4. The number of halogens is 1. The van der Waals surface area contributed by atoms with Gasteiger partial charge in [-0.05, 0) is 62.1 Å². The monoisotopic (exact) mass is 529 g/mol. The van der Waals surface area contributed by atoms with Gasteiger partial charge in [-0.15, -0.1) is 0 Å². The van der Waals surface area contributed by atoms with Crippen molar-refractivity contribution in [2.45, 2.75) is 134 Å². The fraction of sp³-hybridized carbons (Fsp3) is 0.568.